The van der Waals surface area contributed by atoms with Crippen LogP contribution < -0.4 is 14.8 Å². The van der Waals surface area contributed by atoms with E-state index in [9.17, 15) is 4.79 Å². The van der Waals surface area contributed by atoms with E-state index in [4.69, 9.17) is 14.2 Å². The summed E-state index contributed by atoms with van der Waals surface area (Å²) in [6.45, 7) is 1.83. The first kappa shape index (κ1) is 17.2. The highest BCUT2D eigenvalue weighted by Crippen LogP contribution is 2.17. The summed E-state index contributed by atoms with van der Waals surface area (Å²) >= 11 is 0. The van der Waals surface area contributed by atoms with Gasteiger partial charge in [-0.1, -0.05) is 18.2 Å². The molecule has 3 rings (SSSR count). The number of para-hydroxylation sites is 1. The molecule has 2 heterocycles. The van der Waals surface area contributed by atoms with Crippen molar-refractivity contribution in [3.63, 3.8) is 0 Å². The monoisotopic (exact) mass is 342 g/mol. The Labute approximate surface area is 147 Å². The lowest BCUT2D eigenvalue weighted by Crippen LogP contribution is -2.26. The van der Waals surface area contributed by atoms with Crippen LogP contribution in [0.5, 0.6) is 11.6 Å². The molecule has 1 aliphatic heterocycles. The fourth-order valence-electron chi connectivity index (χ4n) is 2.68. The lowest BCUT2D eigenvalue weighted by Gasteiger charge is -2.11. The summed E-state index contributed by atoms with van der Waals surface area (Å²) in [6, 6.07) is 11.2. The highest BCUT2D eigenvalue weighted by molar-refractivity contribution is 5.93. The number of carbonyl (C=O) groups is 1. The van der Waals surface area contributed by atoms with Crippen LogP contribution in [0, 0.1) is 0 Å². The van der Waals surface area contributed by atoms with Gasteiger partial charge in [-0.25, -0.2) is 4.98 Å². The van der Waals surface area contributed by atoms with E-state index in [1.807, 2.05) is 24.3 Å². The largest absolute Gasteiger partial charge is 0.496 e. The predicted octanol–water partition coefficient (Wildman–Crippen LogP) is 2.23. The number of aromatic nitrogens is 1. The van der Waals surface area contributed by atoms with Crippen LogP contribution in [-0.2, 0) is 11.2 Å². The van der Waals surface area contributed by atoms with Gasteiger partial charge in [0.15, 0.2) is 0 Å². The van der Waals surface area contributed by atoms with Gasteiger partial charge in [-0.2, -0.15) is 0 Å². The second kappa shape index (κ2) is 8.48. The second-order valence-electron chi connectivity index (χ2n) is 5.81. The van der Waals surface area contributed by atoms with Gasteiger partial charge in [0.2, 0.25) is 5.88 Å². The molecule has 6 heteroatoms. The van der Waals surface area contributed by atoms with Crippen molar-refractivity contribution in [3.05, 3.63) is 53.7 Å². The number of amides is 1. The summed E-state index contributed by atoms with van der Waals surface area (Å²) in [5, 5.41) is 2.90. The zero-order chi connectivity index (χ0) is 17.5. The third-order valence-electron chi connectivity index (χ3n) is 4.05. The van der Waals surface area contributed by atoms with Gasteiger partial charge in [0.05, 0.1) is 25.9 Å². The van der Waals surface area contributed by atoms with E-state index in [-0.39, 0.29) is 12.0 Å². The van der Waals surface area contributed by atoms with Crippen molar-refractivity contribution < 1.29 is 19.0 Å². The van der Waals surface area contributed by atoms with E-state index in [0.29, 0.717) is 31.0 Å². The third-order valence-corrected chi connectivity index (χ3v) is 4.05. The Hall–Kier alpha value is -2.60. The summed E-state index contributed by atoms with van der Waals surface area (Å²) < 4.78 is 16.3. The molecule has 132 valence electrons. The fraction of sp³-hybridized carbons (Fsp3) is 0.368. The molecule has 2 aromatic rings. The second-order valence-corrected chi connectivity index (χ2v) is 5.81. The Balaban J connectivity index is 1.49. The standard InChI is InChI=1S/C19H22N2O4/c1-23-17-5-3-2-4-14(17)8-10-20-19(22)15-6-7-18(21-12-15)25-16-9-11-24-13-16/h2-7,12,16H,8-11,13H2,1H3,(H,20,22)/t16-/m0/s1. The van der Waals surface area contributed by atoms with E-state index < -0.39 is 0 Å². The number of pyridine rings is 1. The summed E-state index contributed by atoms with van der Waals surface area (Å²) in [7, 11) is 1.64. The number of hydrogen-bond acceptors (Lipinski definition) is 5. The van der Waals surface area contributed by atoms with Crippen molar-refractivity contribution in [2.75, 3.05) is 26.9 Å². The minimum Gasteiger partial charge on any atom is -0.496 e. The zero-order valence-electron chi connectivity index (χ0n) is 14.2. The van der Waals surface area contributed by atoms with Gasteiger partial charge in [0.25, 0.3) is 5.91 Å². The van der Waals surface area contributed by atoms with Crippen LogP contribution in [0.2, 0.25) is 0 Å². The zero-order valence-corrected chi connectivity index (χ0v) is 14.2. The van der Waals surface area contributed by atoms with E-state index in [2.05, 4.69) is 10.3 Å². The Morgan fingerprint density at radius 3 is 2.92 bits per heavy atom. The molecule has 1 N–H and O–H groups in total. The summed E-state index contributed by atoms with van der Waals surface area (Å²) in [6.07, 6.45) is 3.15. The number of nitrogens with one attached hydrogen (secondary N) is 1. The average Bonchev–Trinajstić information content (AvgIpc) is 3.15. The minimum atomic E-state index is -0.154. The lowest BCUT2D eigenvalue weighted by molar-refractivity contribution is 0.0953. The summed E-state index contributed by atoms with van der Waals surface area (Å²) in [4.78, 5) is 16.4. The van der Waals surface area contributed by atoms with Crippen molar-refractivity contribution in [2.45, 2.75) is 18.9 Å². The van der Waals surface area contributed by atoms with E-state index >= 15 is 0 Å². The van der Waals surface area contributed by atoms with E-state index in [1.165, 1.54) is 6.20 Å². The van der Waals surface area contributed by atoms with Gasteiger partial charge >= 0.3 is 0 Å². The van der Waals surface area contributed by atoms with Crippen LogP contribution in [0.1, 0.15) is 22.3 Å². The first-order valence-electron chi connectivity index (χ1n) is 8.37. The maximum absolute atomic E-state index is 12.2. The predicted molar refractivity (Wildman–Crippen MR) is 93.1 cm³/mol. The van der Waals surface area contributed by atoms with Gasteiger partial charge in [0.1, 0.15) is 11.9 Å². The van der Waals surface area contributed by atoms with Gasteiger partial charge < -0.3 is 19.5 Å². The van der Waals surface area contributed by atoms with E-state index in [1.54, 1.807) is 19.2 Å². The molecule has 1 saturated heterocycles. The maximum atomic E-state index is 12.2. The normalized spacial score (nSPS) is 16.4. The van der Waals surface area contributed by atoms with Crippen LogP contribution >= 0.6 is 0 Å². The number of rotatable bonds is 7. The van der Waals surface area contributed by atoms with Crippen molar-refractivity contribution in [1.82, 2.24) is 10.3 Å². The molecular formula is C19H22N2O4. The fourth-order valence-corrected chi connectivity index (χ4v) is 2.68. The molecule has 1 fully saturated rings. The Kier molecular flexibility index (Phi) is 5.85. The van der Waals surface area contributed by atoms with Crippen molar-refractivity contribution in [1.29, 1.82) is 0 Å². The van der Waals surface area contributed by atoms with Crippen LogP contribution in [0.3, 0.4) is 0 Å². The Morgan fingerprint density at radius 2 is 2.20 bits per heavy atom. The molecule has 0 aliphatic carbocycles. The average molecular weight is 342 g/mol. The molecular weight excluding hydrogens is 320 g/mol. The number of ether oxygens (including phenoxy) is 3. The SMILES string of the molecule is COc1ccccc1CCNC(=O)c1ccc(O[C@H]2CCOC2)nc1. The highest BCUT2D eigenvalue weighted by atomic mass is 16.5. The molecule has 0 radical (unpaired) electrons. The molecule has 1 aromatic heterocycles. The van der Waals surface area contributed by atoms with Gasteiger partial charge in [-0.05, 0) is 24.1 Å². The lowest BCUT2D eigenvalue weighted by atomic mass is 10.1. The molecule has 6 nitrogen and oxygen atoms in total. The summed E-state index contributed by atoms with van der Waals surface area (Å²) in [5.41, 5.74) is 1.57. The number of methoxy groups -OCH3 is 1. The number of carbonyl (C=O) groups excluding carboxylic acids is 1. The first-order chi connectivity index (χ1) is 12.3. The smallest absolute Gasteiger partial charge is 0.252 e. The molecule has 1 atom stereocenters. The van der Waals surface area contributed by atoms with Crippen LogP contribution in [0.25, 0.3) is 0 Å². The minimum absolute atomic E-state index is 0.0491. The molecule has 0 bridgehead atoms. The van der Waals surface area contributed by atoms with E-state index in [0.717, 1.165) is 24.3 Å². The molecule has 0 saturated carbocycles. The van der Waals surface area contributed by atoms with Crippen LogP contribution in [0.4, 0.5) is 0 Å². The van der Waals surface area contributed by atoms with Crippen molar-refractivity contribution in [2.24, 2.45) is 0 Å². The van der Waals surface area contributed by atoms with Crippen molar-refractivity contribution in [3.8, 4) is 11.6 Å². The molecule has 1 aromatic carbocycles. The molecule has 0 spiro atoms. The quantitative estimate of drug-likeness (QED) is 0.836. The molecule has 1 amide bonds. The van der Waals surface area contributed by atoms with Crippen LogP contribution in [-0.4, -0.2) is 43.9 Å². The number of nitrogens with zero attached hydrogens (tertiary/aromatic N) is 1. The maximum Gasteiger partial charge on any atom is 0.252 e. The van der Waals surface area contributed by atoms with Crippen LogP contribution in [0.15, 0.2) is 42.6 Å². The summed E-state index contributed by atoms with van der Waals surface area (Å²) in [5.74, 6) is 1.19. The van der Waals surface area contributed by atoms with Gasteiger partial charge in [-0.15, -0.1) is 0 Å². The number of benzene rings is 1. The molecule has 25 heavy (non-hydrogen) atoms. The Bertz CT molecular complexity index is 697. The molecule has 0 unspecified atom stereocenters. The van der Waals surface area contributed by atoms with Gasteiger partial charge in [-0.3, -0.25) is 4.79 Å². The topological polar surface area (TPSA) is 69.7 Å². The van der Waals surface area contributed by atoms with Crippen molar-refractivity contribution >= 4 is 5.91 Å². The van der Waals surface area contributed by atoms with Gasteiger partial charge in [0, 0.05) is 25.2 Å². The highest BCUT2D eigenvalue weighted by Gasteiger charge is 2.17. The number of hydrogen-bond donors (Lipinski definition) is 1. The first-order valence-corrected chi connectivity index (χ1v) is 8.37. The molecule has 1 aliphatic rings. The third kappa shape index (κ3) is 4.70. The Morgan fingerprint density at radius 1 is 1.32 bits per heavy atom.